The molecule has 0 aliphatic carbocycles. The average molecular weight is 158 g/mol. The monoisotopic (exact) mass is 158 g/mol. The summed E-state index contributed by atoms with van der Waals surface area (Å²) in [6, 6.07) is 0. The standard InChI is InChI=1S/C7H14N2O2/c8-7(10)5-9-4-6-2-1-3-11-6/h6,9H,1-5H2,(H2,8,10)/t6-/m0/s1. The van der Waals surface area contributed by atoms with Crippen LogP contribution < -0.4 is 11.1 Å². The molecule has 0 aromatic rings. The maximum Gasteiger partial charge on any atom is 0.231 e. The molecule has 1 atom stereocenters. The summed E-state index contributed by atoms with van der Waals surface area (Å²) in [4.78, 5) is 10.3. The van der Waals surface area contributed by atoms with E-state index in [0.29, 0.717) is 0 Å². The highest BCUT2D eigenvalue weighted by molar-refractivity contribution is 5.75. The Bertz CT molecular complexity index is 132. The molecule has 64 valence electrons. The van der Waals surface area contributed by atoms with Crippen LogP contribution in [0.2, 0.25) is 0 Å². The maximum absolute atomic E-state index is 10.3. The summed E-state index contributed by atoms with van der Waals surface area (Å²) in [5.41, 5.74) is 4.93. The zero-order chi connectivity index (χ0) is 8.10. The van der Waals surface area contributed by atoms with Crippen molar-refractivity contribution in [3.05, 3.63) is 0 Å². The van der Waals surface area contributed by atoms with Gasteiger partial charge < -0.3 is 15.8 Å². The Hall–Kier alpha value is -0.610. The lowest BCUT2D eigenvalue weighted by molar-refractivity contribution is -0.117. The van der Waals surface area contributed by atoms with Crippen molar-refractivity contribution in [1.29, 1.82) is 0 Å². The summed E-state index contributed by atoms with van der Waals surface area (Å²) < 4.78 is 5.32. The van der Waals surface area contributed by atoms with Gasteiger partial charge in [-0.15, -0.1) is 0 Å². The Morgan fingerprint density at radius 2 is 2.55 bits per heavy atom. The second-order valence-corrected chi connectivity index (χ2v) is 2.73. The highest BCUT2D eigenvalue weighted by Gasteiger charge is 2.14. The SMILES string of the molecule is NC(=O)CNC[C@@H]1CCCO1. The molecule has 1 saturated heterocycles. The van der Waals surface area contributed by atoms with Gasteiger partial charge in [0.15, 0.2) is 0 Å². The van der Waals surface area contributed by atoms with Crippen LogP contribution in [0, 0.1) is 0 Å². The number of nitrogens with one attached hydrogen (secondary N) is 1. The van der Waals surface area contributed by atoms with Crippen LogP contribution in [0.4, 0.5) is 0 Å². The predicted octanol–water partition coefficient (Wildman–Crippen LogP) is -0.760. The number of hydrogen-bond acceptors (Lipinski definition) is 3. The van der Waals surface area contributed by atoms with E-state index in [-0.39, 0.29) is 18.6 Å². The Morgan fingerprint density at radius 3 is 3.09 bits per heavy atom. The first-order chi connectivity index (χ1) is 5.29. The molecule has 0 spiro atoms. The summed E-state index contributed by atoms with van der Waals surface area (Å²) >= 11 is 0. The number of nitrogens with two attached hydrogens (primary N) is 1. The van der Waals surface area contributed by atoms with Crippen LogP contribution in [-0.2, 0) is 9.53 Å². The molecule has 1 fully saturated rings. The zero-order valence-electron chi connectivity index (χ0n) is 6.51. The minimum absolute atomic E-state index is 0.250. The quantitative estimate of drug-likeness (QED) is 0.565. The third kappa shape index (κ3) is 3.34. The normalized spacial score (nSPS) is 23.8. The number of hydrogen-bond donors (Lipinski definition) is 2. The molecule has 4 nitrogen and oxygen atoms in total. The van der Waals surface area contributed by atoms with Crippen molar-refractivity contribution in [2.75, 3.05) is 19.7 Å². The first-order valence-electron chi connectivity index (χ1n) is 3.89. The minimum atomic E-state index is -0.317. The summed E-state index contributed by atoms with van der Waals surface area (Å²) in [5, 5.41) is 2.93. The highest BCUT2D eigenvalue weighted by atomic mass is 16.5. The van der Waals surface area contributed by atoms with Crippen LogP contribution in [0.3, 0.4) is 0 Å². The second-order valence-electron chi connectivity index (χ2n) is 2.73. The fraction of sp³-hybridized carbons (Fsp3) is 0.857. The fourth-order valence-corrected chi connectivity index (χ4v) is 1.16. The molecule has 0 aromatic carbocycles. The van der Waals surface area contributed by atoms with Crippen LogP contribution in [-0.4, -0.2) is 31.7 Å². The summed E-state index contributed by atoms with van der Waals surface area (Å²) in [5.74, 6) is -0.317. The van der Waals surface area contributed by atoms with Gasteiger partial charge >= 0.3 is 0 Å². The van der Waals surface area contributed by atoms with Gasteiger partial charge in [-0.1, -0.05) is 0 Å². The zero-order valence-corrected chi connectivity index (χ0v) is 6.51. The molecule has 3 N–H and O–H groups in total. The first kappa shape index (κ1) is 8.49. The van der Waals surface area contributed by atoms with E-state index in [9.17, 15) is 4.79 Å². The molecule has 0 unspecified atom stereocenters. The molecule has 1 aliphatic rings. The largest absolute Gasteiger partial charge is 0.377 e. The smallest absolute Gasteiger partial charge is 0.231 e. The van der Waals surface area contributed by atoms with E-state index in [1.54, 1.807) is 0 Å². The van der Waals surface area contributed by atoms with Gasteiger partial charge in [-0.3, -0.25) is 4.79 Å². The van der Waals surface area contributed by atoms with E-state index in [1.807, 2.05) is 0 Å². The van der Waals surface area contributed by atoms with Gasteiger partial charge in [0.1, 0.15) is 0 Å². The van der Waals surface area contributed by atoms with Crippen LogP contribution in [0.1, 0.15) is 12.8 Å². The second kappa shape index (κ2) is 4.31. The number of rotatable bonds is 4. The molecule has 0 radical (unpaired) electrons. The molecule has 11 heavy (non-hydrogen) atoms. The molecule has 4 heteroatoms. The Labute approximate surface area is 66.1 Å². The Balaban J connectivity index is 1.98. The van der Waals surface area contributed by atoms with E-state index in [0.717, 1.165) is 26.0 Å². The number of carbonyl (C=O) groups excluding carboxylic acids is 1. The van der Waals surface area contributed by atoms with Crippen molar-refractivity contribution in [2.24, 2.45) is 5.73 Å². The van der Waals surface area contributed by atoms with E-state index < -0.39 is 0 Å². The van der Waals surface area contributed by atoms with Crippen molar-refractivity contribution in [3.8, 4) is 0 Å². The van der Waals surface area contributed by atoms with Crippen molar-refractivity contribution in [2.45, 2.75) is 18.9 Å². The third-order valence-electron chi connectivity index (χ3n) is 1.70. The van der Waals surface area contributed by atoms with Crippen molar-refractivity contribution < 1.29 is 9.53 Å². The van der Waals surface area contributed by atoms with Crippen LogP contribution in [0.15, 0.2) is 0 Å². The van der Waals surface area contributed by atoms with E-state index in [1.165, 1.54) is 0 Å². The molecule has 1 heterocycles. The number of ether oxygens (including phenoxy) is 1. The molecule has 0 aromatic heterocycles. The van der Waals surface area contributed by atoms with E-state index in [4.69, 9.17) is 10.5 Å². The van der Waals surface area contributed by atoms with Crippen LogP contribution in [0.5, 0.6) is 0 Å². The predicted molar refractivity (Wildman–Crippen MR) is 41.0 cm³/mol. The van der Waals surface area contributed by atoms with Gasteiger partial charge in [0.05, 0.1) is 12.6 Å². The number of amides is 1. The van der Waals surface area contributed by atoms with Gasteiger partial charge in [0.2, 0.25) is 5.91 Å². The molecule has 0 bridgehead atoms. The van der Waals surface area contributed by atoms with Crippen molar-refractivity contribution in [3.63, 3.8) is 0 Å². The third-order valence-corrected chi connectivity index (χ3v) is 1.70. The lowest BCUT2D eigenvalue weighted by atomic mass is 10.2. The summed E-state index contributed by atoms with van der Waals surface area (Å²) in [6.45, 7) is 1.84. The molecular weight excluding hydrogens is 144 g/mol. The van der Waals surface area contributed by atoms with Crippen LogP contribution in [0.25, 0.3) is 0 Å². The summed E-state index contributed by atoms with van der Waals surface area (Å²) in [6.07, 6.45) is 2.50. The van der Waals surface area contributed by atoms with E-state index >= 15 is 0 Å². The molecular formula is C7H14N2O2. The highest BCUT2D eigenvalue weighted by Crippen LogP contribution is 2.10. The van der Waals surface area contributed by atoms with Gasteiger partial charge in [-0.2, -0.15) is 0 Å². The van der Waals surface area contributed by atoms with Gasteiger partial charge in [-0.05, 0) is 12.8 Å². The van der Waals surface area contributed by atoms with Gasteiger partial charge in [-0.25, -0.2) is 0 Å². The topological polar surface area (TPSA) is 64.4 Å². The van der Waals surface area contributed by atoms with Crippen molar-refractivity contribution in [1.82, 2.24) is 5.32 Å². The first-order valence-corrected chi connectivity index (χ1v) is 3.89. The summed E-state index contributed by atoms with van der Waals surface area (Å²) in [7, 11) is 0. The minimum Gasteiger partial charge on any atom is -0.377 e. The molecule has 1 rings (SSSR count). The molecule has 0 saturated carbocycles. The maximum atomic E-state index is 10.3. The molecule has 1 amide bonds. The number of primary amides is 1. The van der Waals surface area contributed by atoms with Gasteiger partial charge in [0.25, 0.3) is 0 Å². The van der Waals surface area contributed by atoms with E-state index in [2.05, 4.69) is 5.32 Å². The Kier molecular flexibility index (Phi) is 3.32. The lowest BCUT2D eigenvalue weighted by Gasteiger charge is -2.08. The molecule has 1 aliphatic heterocycles. The number of carbonyl (C=O) groups is 1. The van der Waals surface area contributed by atoms with Crippen LogP contribution >= 0.6 is 0 Å². The van der Waals surface area contributed by atoms with Gasteiger partial charge in [0, 0.05) is 13.2 Å². The lowest BCUT2D eigenvalue weighted by Crippen LogP contribution is -2.33. The van der Waals surface area contributed by atoms with Crippen molar-refractivity contribution >= 4 is 5.91 Å². The average Bonchev–Trinajstić information content (AvgIpc) is 2.39. The fourth-order valence-electron chi connectivity index (χ4n) is 1.16. The Morgan fingerprint density at radius 1 is 1.73 bits per heavy atom.